The van der Waals surface area contributed by atoms with Crippen LogP contribution in [0.1, 0.15) is 16.7 Å². The number of carbonyl (C=O) groups is 1. The molecule has 4 rings (SSSR count). The number of carbonyl (C=O) groups excluding carboxylic acids is 1. The van der Waals surface area contributed by atoms with Crippen molar-refractivity contribution in [2.75, 3.05) is 7.11 Å². The molecule has 0 aliphatic carbocycles. The van der Waals surface area contributed by atoms with E-state index in [2.05, 4.69) is 23.5 Å². The molecule has 0 aliphatic heterocycles. The van der Waals surface area contributed by atoms with E-state index in [-0.39, 0.29) is 0 Å². The molecule has 31 heavy (non-hydrogen) atoms. The van der Waals surface area contributed by atoms with Gasteiger partial charge in [-0.25, -0.2) is 4.79 Å². The number of hydrogen-bond acceptors (Lipinski definition) is 5. The number of nitriles is 1. The number of ether oxygens (including phenoxy) is 1. The summed E-state index contributed by atoms with van der Waals surface area (Å²) in [6, 6.07) is 27.7. The molecule has 0 saturated carbocycles. The largest absolute Gasteiger partial charge is 0.464 e. The number of hydrogen-bond donors (Lipinski definition) is 1. The third-order valence-electron chi connectivity index (χ3n) is 4.93. The van der Waals surface area contributed by atoms with E-state index in [4.69, 9.17) is 10.00 Å². The molecule has 4 nitrogen and oxygen atoms in total. The Kier molecular flexibility index (Phi) is 6.11. The summed E-state index contributed by atoms with van der Waals surface area (Å²) in [4.78, 5) is 13.6. The molecule has 0 fully saturated rings. The van der Waals surface area contributed by atoms with Crippen molar-refractivity contribution in [2.45, 2.75) is 6.54 Å². The van der Waals surface area contributed by atoms with Crippen molar-refractivity contribution < 1.29 is 9.53 Å². The van der Waals surface area contributed by atoms with E-state index < -0.39 is 5.97 Å². The lowest BCUT2D eigenvalue weighted by molar-refractivity contribution is -0.136. The van der Waals surface area contributed by atoms with E-state index in [1.807, 2.05) is 72.8 Å². The minimum absolute atomic E-state index is 0.393. The van der Waals surface area contributed by atoms with Crippen LogP contribution in [0.5, 0.6) is 0 Å². The molecule has 0 radical (unpaired) electrons. The lowest BCUT2D eigenvalue weighted by Gasteiger charge is -2.10. The van der Waals surface area contributed by atoms with Crippen molar-refractivity contribution in [1.29, 1.82) is 5.26 Å². The standard InChI is InChI=1S/C26H20N2O2S/c1-30-26(29)23(28-17-19-7-3-2-4-8-19)15-22-21-9-5-6-10-24(21)31-25(22)20-13-11-18(16-27)12-14-20/h2-15,28H,17H2,1H3/b23-15+. The molecule has 0 amide bonds. The van der Waals surface area contributed by atoms with E-state index in [9.17, 15) is 4.79 Å². The van der Waals surface area contributed by atoms with Crippen LogP contribution in [0.2, 0.25) is 0 Å². The van der Waals surface area contributed by atoms with Crippen molar-refractivity contribution in [3.05, 3.63) is 101 Å². The van der Waals surface area contributed by atoms with Crippen LogP contribution in [-0.4, -0.2) is 13.1 Å². The predicted octanol–water partition coefficient (Wildman–Crippen LogP) is 5.74. The van der Waals surface area contributed by atoms with Gasteiger partial charge in [0, 0.05) is 27.1 Å². The van der Waals surface area contributed by atoms with E-state index >= 15 is 0 Å². The maximum absolute atomic E-state index is 12.5. The highest BCUT2D eigenvalue weighted by atomic mass is 32.1. The minimum atomic E-state index is -0.419. The van der Waals surface area contributed by atoms with Gasteiger partial charge in [0.15, 0.2) is 0 Å². The topological polar surface area (TPSA) is 62.1 Å². The van der Waals surface area contributed by atoms with Crippen LogP contribution < -0.4 is 5.32 Å². The number of rotatable bonds is 6. The number of nitrogens with zero attached hydrogens (tertiary/aromatic N) is 1. The van der Waals surface area contributed by atoms with E-state index in [1.54, 1.807) is 11.3 Å². The number of nitrogens with one attached hydrogen (secondary N) is 1. The molecular formula is C26H20N2O2S. The molecule has 3 aromatic carbocycles. The van der Waals surface area contributed by atoms with Crippen LogP contribution in [0.4, 0.5) is 0 Å². The summed E-state index contributed by atoms with van der Waals surface area (Å²) < 4.78 is 6.16. The Hall–Kier alpha value is -3.88. The highest BCUT2D eigenvalue weighted by Gasteiger charge is 2.16. The minimum Gasteiger partial charge on any atom is -0.464 e. The zero-order valence-corrected chi connectivity index (χ0v) is 17.8. The summed E-state index contributed by atoms with van der Waals surface area (Å²) in [5, 5.41) is 13.4. The molecule has 1 aromatic heterocycles. The van der Waals surface area contributed by atoms with Gasteiger partial charge < -0.3 is 10.1 Å². The Morgan fingerprint density at radius 2 is 1.74 bits per heavy atom. The third kappa shape index (κ3) is 4.50. The fraction of sp³-hybridized carbons (Fsp3) is 0.0769. The molecular weight excluding hydrogens is 404 g/mol. The van der Waals surface area contributed by atoms with Crippen LogP contribution >= 0.6 is 11.3 Å². The molecule has 0 bridgehead atoms. The highest BCUT2D eigenvalue weighted by Crippen LogP contribution is 2.40. The lowest BCUT2D eigenvalue weighted by atomic mass is 10.0. The molecule has 1 heterocycles. The maximum atomic E-state index is 12.5. The Bertz CT molecular complexity index is 1280. The van der Waals surface area contributed by atoms with Gasteiger partial charge in [-0.05, 0) is 35.4 Å². The SMILES string of the molecule is COC(=O)/C(=C\c1c(-c2ccc(C#N)cc2)sc2ccccc12)NCc1ccccc1. The molecule has 0 spiro atoms. The van der Waals surface area contributed by atoms with Gasteiger partial charge in [0.25, 0.3) is 0 Å². The summed E-state index contributed by atoms with van der Waals surface area (Å²) in [6.45, 7) is 0.510. The molecule has 5 heteroatoms. The second-order valence-electron chi connectivity index (χ2n) is 6.92. The van der Waals surface area contributed by atoms with Crippen molar-refractivity contribution in [1.82, 2.24) is 5.32 Å². The summed E-state index contributed by atoms with van der Waals surface area (Å²) >= 11 is 1.66. The number of esters is 1. The van der Waals surface area contributed by atoms with Crippen molar-refractivity contribution >= 4 is 33.5 Å². The monoisotopic (exact) mass is 424 g/mol. The first-order valence-corrected chi connectivity index (χ1v) is 10.6. The zero-order valence-electron chi connectivity index (χ0n) is 17.0. The fourth-order valence-electron chi connectivity index (χ4n) is 3.35. The smallest absolute Gasteiger partial charge is 0.354 e. The quantitative estimate of drug-likeness (QED) is 0.316. The summed E-state index contributed by atoms with van der Waals surface area (Å²) in [5.74, 6) is -0.419. The molecule has 152 valence electrons. The normalized spacial score (nSPS) is 11.2. The molecule has 0 aliphatic rings. The number of fused-ring (bicyclic) bond motifs is 1. The van der Waals surface area contributed by atoms with Crippen LogP contribution in [0.25, 0.3) is 26.6 Å². The van der Waals surface area contributed by atoms with Gasteiger partial charge in [-0.1, -0.05) is 60.7 Å². The predicted molar refractivity (Wildman–Crippen MR) is 125 cm³/mol. The molecule has 0 unspecified atom stereocenters. The van der Waals surface area contributed by atoms with Gasteiger partial charge in [-0.3, -0.25) is 0 Å². The van der Waals surface area contributed by atoms with E-state index in [0.717, 1.165) is 31.7 Å². The summed E-state index contributed by atoms with van der Waals surface area (Å²) in [6.07, 6.45) is 1.86. The second kappa shape index (κ2) is 9.29. The first-order valence-electron chi connectivity index (χ1n) is 9.79. The van der Waals surface area contributed by atoms with Crippen molar-refractivity contribution in [2.24, 2.45) is 0 Å². The molecule has 0 atom stereocenters. The summed E-state index contributed by atoms with van der Waals surface area (Å²) in [7, 11) is 1.38. The van der Waals surface area contributed by atoms with Gasteiger partial charge in [0.05, 0.1) is 18.7 Å². The Balaban J connectivity index is 1.80. The molecule has 1 N–H and O–H groups in total. The first-order chi connectivity index (χ1) is 15.2. The summed E-state index contributed by atoms with van der Waals surface area (Å²) in [5.41, 5.74) is 4.02. The van der Waals surface area contributed by atoms with Crippen LogP contribution in [-0.2, 0) is 16.1 Å². The van der Waals surface area contributed by atoms with E-state index in [1.165, 1.54) is 7.11 Å². The number of benzene rings is 3. The number of methoxy groups -OCH3 is 1. The Morgan fingerprint density at radius 3 is 2.45 bits per heavy atom. The van der Waals surface area contributed by atoms with Gasteiger partial charge in [0.1, 0.15) is 5.70 Å². The highest BCUT2D eigenvalue weighted by molar-refractivity contribution is 7.22. The van der Waals surface area contributed by atoms with Crippen LogP contribution in [0.3, 0.4) is 0 Å². The second-order valence-corrected chi connectivity index (χ2v) is 7.97. The van der Waals surface area contributed by atoms with Crippen molar-refractivity contribution in [3.8, 4) is 16.5 Å². The van der Waals surface area contributed by atoms with Crippen LogP contribution in [0, 0.1) is 11.3 Å². The zero-order chi connectivity index (χ0) is 21.6. The molecule has 4 aromatic rings. The average Bonchev–Trinajstić information content (AvgIpc) is 3.20. The average molecular weight is 425 g/mol. The maximum Gasteiger partial charge on any atom is 0.354 e. The third-order valence-corrected chi connectivity index (χ3v) is 6.17. The van der Waals surface area contributed by atoms with Gasteiger partial charge in [-0.2, -0.15) is 5.26 Å². The van der Waals surface area contributed by atoms with Crippen LogP contribution in [0.15, 0.2) is 84.6 Å². The Labute approximate surface area is 185 Å². The molecule has 0 saturated heterocycles. The van der Waals surface area contributed by atoms with Gasteiger partial charge >= 0.3 is 5.97 Å². The van der Waals surface area contributed by atoms with E-state index in [0.29, 0.717) is 17.8 Å². The lowest BCUT2D eigenvalue weighted by Crippen LogP contribution is -2.21. The van der Waals surface area contributed by atoms with Gasteiger partial charge in [0.2, 0.25) is 0 Å². The first kappa shape index (κ1) is 20.4. The van der Waals surface area contributed by atoms with Crippen molar-refractivity contribution in [3.63, 3.8) is 0 Å². The number of thiophene rings is 1. The Morgan fingerprint density at radius 1 is 1.03 bits per heavy atom. The van der Waals surface area contributed by atoms with Gasteiger partial charge in [-0.15, -0.1) is 11.3 Å². The fourth-order valence-corrected chi connectivity index (χ4v) is 4.54.